The van der Waals surface area contributed by atoms with E-state index in [2.05, 4.69) is 20.8 Å². The van der Waals surface area contributed by atoms with Crippen molar-refractivity contribution in [3.63, 3.8) is 0 Å². The molecule has 0 radical (unpaired) electrons. The van der Waals surface area contributed by atoms with E-state index < -0.39 is 5.82 Å². The Morgan fingerprint density at radius 3 is 2.69 bits per heavy atom. The van der Waals surface area contributed by atoms with E-state index in [1.165, 1.54) is 30.7 Å². The molecule has 0 aliphatic carbocycles. The highest BCUT2D eigenvalue weighted by Gasteiger charge is 2.16. The highest BCUT2D eigenvalue weighted by molar-refractivity contribution is 7.17. The van der Waals surface area contributed by atoms with Crippen LogP contribution in [0.4, 0.5) is 10.1 Å². The SMILES string of the molecule is COc1ncc(NNC(=O)c2sc(-c3ccc(Cl)cc3)nc2C)cc1F. The Kier molecular flexibility index (Phi) is 5.34. The first-order valence-electron chi connectivity index (χ1n) is 7.47. The number of methoxy groups -OCH3 is 1. The van der Waals surface area contributed by atoms with Crippen molar-refractivity contribution >= 4 is 34.5 Å². The van der Waals surface area contributed by atoms with Crippen LogP contribution >= 0.6 is 22.9 Å². The van der Waals surface area contributed by atoms with E-state index in [1.807, 2.05) is 12.1 Å². The van der Waals surface area contributed by atoms with E-state index in [1.54, 1.807) is 19.1 Å². The van der Waals surface area contributed by atoms with Gasteiger partial charge in [-0.2, -0.15) is 0 Å². The third-order valence-corrected chi connectivity index (χ3v) is 4.87. The normalized spacial score (nSPS) is 10.5. The highest BCUT2D eigenvalue weighted by Crippen LogP contribution is 2.28. The van der Waals surface area contributed by atoms with Crippen molar-refractivity contribution in [1.82, 2.24) is 15.4 Å². The van der Waals surface area contributed by atoms with Crippen LogP contribution in [0, 0.1) is 12.7 Å². The van der Waals surface area contributed by atoms with E-state index in [0.717, 1.165) is 5.56 Å². The number of carbonyl (C=O) groups is 1. The Bertz CT molecular complexity index is 946. The molecule has 0 aliphatic rings. The molecular formula is C17H14ClFN4O2S. The molecular weight excluding hydrogens is 379 g/mol. The Balaban J connectivity index is 1.72. The summed E-state index contributed by atoms with van der Waals surface area (Å²) in [5, 5.41) is 1.34. The number of rotatable bonds is 5. The molecule has 3 aromatic rings. The van der Waals surface area contributed by atoms with Crippen molar-refractivity contribution in [1.29, 1.82) is 0 Å². The Morgan fingerprint density at radius 1 is 1.31 bits per heavy atom. The number of halogens is 2. The van der Waals surface area contributed by atoms with Gasteiger partial charge in [-0.1, -0.05) is 23.7 Å². The zero-order valence-electron chi connectivity index (χ0n) is 13.8. The third kappa shape index (κ3) is 3.92. The molecule has 0 spiro atoms. The van der Waals surface area contributed by atoms with E-state index in [4.69, 9.17) is 16.3 Å². The number of nitrogens with one attached hydrogen (secondary N) is 2. The minimum atomic E-state index is -0.634. The number of benzene rings is 1. The summed E-state index contributed by atoms with van der Waals surface area (Å²) in [6, 6.07) is 8.38. The predicted molar refractivity (Wildman–Crippen MR) is 99.1 cm³/mol. The van der Waals surface area contributed by atoms with Crippen LogP contribution in [-0.4, -0.2) is 23.0 Å². The average molecular weight is 393 g/mol. The first-order valence-corrected chi connectivity index (χ1v) is 8.66. The molecule has 2 heterocycles. The van der Waals surface area contributed by atoms with Gasteiger partial charge in [0.05, 0.1) is 24.7 Å². The third-order valence-electron chi connectivity index (χ3n) is 3.42. The fourth-order valence-electron chi connectivity index (χ4n) is 2.15. The first kappa shape index (κ1) is 18.1. The van der Waals surface area contributed by atoms with Gasteiger partial charge in [-0.25, -0.2) is 14.4 Å². The van der Waals surface area contributed by atoms with Gasteiger partial charge in [0, 0.05) is 16.7 Å². The summed E-state index contributed by atoms with van der Waals surface area (Å²) in [7, 11) is 1.32. The number of ether oxygens (including phenoxy) is 1. The molecule has 0 saturated heterocycles. The molecule has 3 rings (SSSR count). The molecule has 0 atom stereocenters. The number of thiazole rings is 1. The van der Waals surface area contributed by atoms with Gasteiger partial charge in [0.2, 0.25) is 5.88 Å². The van der Waals surface area contributed by atoms with E-state index in [0.29, 0.717) is 20.6 Å². The number of pyridine rings is 1. The van der Waals surface area contributed by atoms with Crippen LogP contribution < -0.4 is 15.6 Å². The lowest BCUT2D eigenvalue weighted by molar-refractivity contribution is 0.0966. The molecule has 1 aromatic carbocycles. The van der Waals surface area contributed by atoms with Crippen molar-refractivity contribution in [2.45, 2.75) is 6.92 Å². The second-order valence-corrected chi connectivity index (χ2v) is 6.67. The maximum atomic E-state index is 13.6. The van der Waals surface area contributed by atoms with Gasteiger partial charge in [0.25, 0.3) is 5.91 Å². The molecule has 0 bridgehead atoms. The first-order chi connectivity index (χ1) is 12.5. The van der Waals surface area contributed by atoms with Gasteiger partial charge < -0.3 is 4.74 Å². The summed E-state index contributed by atoms with van der Waals surface area (Å²) in [5.41, 5.74) is 6.89. The fourth-order valence-corrected chi connectivity index (χ4v) is 3.25. The van der Waals surface area contributed by atoms with Crippen LogP contribution in [0.15, 0.2) is 36.5 Å². The fraction of sp³-hybridized carbons (Fsp3) is 0.118. The van der Waals surface area contributed by atoms with Crippen LogP contribution in [0.25, 0.3) is 10.6 Å². The van der Waals surface area contributed by atoms with Crippen molar-refractivity contribution in [3.8, 4) is 16.5 Å². The average Bonchev–Trinajstić information content (AvgIpc) is 3.02. The van der Waals surface area contributed by atoms with Gasteiger partial charge in [-0.3, -0.25) is 15.6 Å². The summed E-state index contributed by atoms with van der Waals surface area (Å²) in [6.07, 6.45) is 1.35. The van der Waals surface area contributed by atoms with Crippen LogP contribution in [0.5, 0.6) is 5.88 Å². The summed E-state index contributed by atoms with van der Waals surface area (Å²) >= 11 is 7.14. The van der Waals surface area contributed by atoms with E-state index in [9.17, 15) is 9.18 Å². The Labute approximate surface area is 158 Å². The topological polar surface area (TPSA) is 76.1 Å². The monoisotopic (exact) mass is 392 g/mol. The second kappa shape index (κ2) is 7.67. The quantitative estimate of drug-likeness (QED) is 0.640. The van der Waals surface area contributed by atoms with Gasteiger partial charge in [0.15, 0.2) is 5.82 Å². The van der Waals surface area contributed by atoms with Crippen molar-refractivity contribution in [3.05, 3.63) is 57.9 Å². The maximum absolute atomic E-state index is 13.6. The number of hydrazine groups is 1. The van der Waals surface area contributed by atoms with Crippen LogP contribution in [-0.2, 0) is 0 Å². The Morgan fingerprint density at radius 2 is 2.04 bits per heavy atom. The summed E-state index contributed by atoms with van der Waals surface area (Å²) in [5.74, 6) is -1.13. The number of amides is 1. The highest BCUT2D eigenvalue weighted by atomic mass is 35.5. The number of aryl methyl sites for hydroxylation is 1. The lowest BCUT2D eigenvalue weighted by Crippen LogP contribution is -2.29. The Hall–Kier alpha value is -2.71. The number of aromatic nitrogens is 2. The molecule has 0 fully saturated rings. The maximum Gasteiger partial charge on any atom is 0.281 e. The molecule has 9 heteroatoms. The number of hydrogen-bond acceptors (Lipinski definition) is 6. The van der Waals surface area contributed by atoms with Crippen LogP contribution in [0.1, 0.15) is 15.4 Å². The molecule has 1 amide bonds. The number of carbonyl (C=O) groups excluding carboxylic acids is 1. The number of anilines is 1. The van der Waals surface area contributed by atoms with E-state index in [-0.39, 0.29) is 17.5 Å². The number of hydrogen-bond donors (Lipinski definition) is 2. The van der Waals surface area contributed by atoms with Crippen molar-refractivity contribution in [2.24, 2.45) is 0 Å². The minimum Gasteiger partial charge on any atom is -0.479 e. The molecule has 6 nitrogen and oxygen atoms in total. The molecule has 134 valence electrons. The van der Waals surface area contributed by atoms with Gasteiger partial charge in [0.1, 0.15) is 9.88 Å². The molecule has 0 aliphatic heterocycles. The minimum absolute atomic E-state index is 0.118. The lowest BCUT2D eigenvalue weighted by atomic mass is 10.2. The zero-order chi connectivity index (χ0) is 18.7. The summed E-state index contributed by atoms with van der Waals surface area (Å²) < 4.78 is 18.4. The number of nitrogens with zero attached hydrogens (tertiary/aromatic N) is 2. The van der Waals surface area contributed by atoms with Crippen LogP contribution in [0.2, 0.25) is 5.02 Å². The predicted octanol–water partition coefficient (Wildman–Crippen LogP) is 4.07. The standard InChI is InChI=1S/C17H14ClFN4O2S/c1-9-14(26-17(21-9)10-3-5-11(18)6-4-10)15(24)23-22-12-7-13(19)16(25-2)20-8-12/h3-8,22H,1-2H3,(H,23,24). The van der Waals surface area contributed by atoms with Crippen molar-refractivity contribution in [2.75, 3.05) is 12.5 Å². The van der Waals surface area contributed by atoms with Gasteiger partial charge in [-0.05, 0) is 19.1 Å². The smallest absolute Gasteiger partial charge is 0.281 e. The summed E-state index contributed by atoms with van der Waals surface area (Å²) in [6.45, 7) is 1.75. The van der Waals surface area contributed by atoms with E-state index >= 15 is 0 Å². The van der Waals surface area contributed by atoms with Gasteiger partial charge >= 0.3 is 0 Å². The molecule has 0 saturated carbocycles. The molecule has 26 heavy (non-hydrogen) atoms. The lowest BCUT2D eigenvalue weighted by Gasteiger charge is -2.08. The second-order valence-electron chi connectivity index (χ2n) is 5.23. The molecule has 0 unspecified atom stereocenters. The largest absolute Gasteiger partial charge is 0.479 e. The van der Waals surface area contributed by atoms with Gasteiger partial charge in [-0.15, -0.1) is 11.3 Å². The molecule has 2 aromatic heterocycles. The zero-order valence-corrected chi connectivity index (χ0v) is 15.4. The van der Waals surface area contributed by atoms with Crippen molar-refractivity contribution < 1.29 is 13.9 Å². The summed E-state index contributed by atoms with van der Waals surface area (Å²) in [4.78, 5) is 21.0. The molecule has 2 N–H and O–H groups in total. The van der Waals surface area contributed by atoms with Crippen LogP contribution in [0.3, 0.4) is 0 Å².